The molecule has 138 valence electrons. The SMILES string of the molecule is CCNC(=O)NC(=O)[C@H](C)OC(=O)CCS(=O)(=O)c1ccccc1Cl. The van der Waals surface area contributed by atoms with E-state index in [0.717, 1.165) is 0 Å². The van der Waals surface area contributed by atoms with E-state index in [-0.39, 0.29) is 9.92 Å². The zero-order valence-electron chi connectivity index (χ0n) is 13.7. The van der Waals surface area contributed by atoms with Crippen LogP contribution in [0.25, 0.3) is 0 Å². The predicted octanol–water partition coefficient (Wildman–Crippen LogP) is 1.28. The number of hydrogen-bond donors (Lipinski definition) is 2. The van der Waals surface area contributed by atoms with Gasteiger partial charge in [0.1, 0.15) is 0 Å². The molecule has 25 heavy (non-hydrogen) atoms. The first-order valence-corrected chi connectivity index (χ1v) is 9.46. The zero-order valence-corrected chi connectivity index (χ0v) is 15.3. The van der Waals surface area contributed by atoms with Crippen LogP contribution in [0.1, 0.15) is 20.3 Å². The first-order valence-electron chi connectivity index (χ1n) is 7.42. The van der Waals surface area contributed by atoms with E-state index in [0.29, 0.717) is 6.54 Å². The van der Waals surface area contributed by atoms with E-state index in [1.54, 1.807) is 13.0 Å². The number of ether oxygens (including phenoxy) is 1. The number of sulfone groups is 1. The lowest BCUT2D eigenvalue weighted by atomic mass is 10.3. The second-order valence-corrected chi connectivity index (χ2v) is 7.46. The molecule has 0 aliphatic heterocycles. The fourth-order valence-electron chi connectivity index (χ4n) is 1.75. The van der Waals surface area contributed by atoms with E-state index in [4.69, 9.17) is 16.3 Å². The van der Waals surface area contributed by atoms with Gasteiger partial charge in [-0.1, -0.05) is 23.7 Å². The van der Waals surface area contributed by atoms with Crippen LogP contribution in [0.3, 0.4) is 0 Å². The Labute approximate surface area is 150 Å². The Morgan fingerprint density at radius 1 is 1.24 bits per heavy atom. The third-order valence-corrected chi connectivity index (χ3v) is 5.21. The van der Waals surface area contributed by atoms with Crippen molar-refractivity contribution in [3.05, 3.63) is 29.3 Å². The molecule has 0 bridgehead atoms. The molecule has 0 spiro atoms. The molecule has 0 heterocycles. The molecule has 1 atom stereocenters. The molecule has 1 rings (SSSR count). The monoisotopic (exact) mass is 390 g/mol. The summed E-state index contributed by atoms with van der Waals surface area (Å²) in [6.45, 7) is 3.27. The molecule has 10 heteroatoms. The van der Waals surface area contributed by atoms with Crippen LogP contribution in [0.15, 0.2) is 29.2 Å². The number of nitrogens with one attached hydrogen (secondary N) is 2. The largest absolute Gasteiger partial charge is 0.453 e. The van der Waals surface area contributed by atoms with E-state index < -0.39 is 46.0 Å². The summed E-state index contributed by atoms with van der Waals surface area (Å²) in [7, 11) is -3.77. The fourth-order valence-corrected chi connectivity index (χ4v) is 3.55. The summed E-state index contributed by atoms with van der Waals surface area (Å²) in [5.41, 5.74) is 0. The fraction of sp³-hybridized carbons (Fsp3) is 0.400. The molecular formula is C15H19ClN2O6S. The van der Waals surface area contributed by atoms with Crippen molar-refractivity contribution in [2.75, 3.05) is 12.3 Å². The van der Waals surface area contributed by atoms with Crippen molar-refractivity contribution >= 4 is 39.3 Å². The van der Waals surface area contributed by atoms with Gasteiger partial charge in [-0.15, -0.1) is 0 Å². The highest BCUT2D eigenvalue weighted by molar-refractivity contribution is 7.91. The summed E-state index contributed by atoms with van der Waals surface area (Å²) in [6.07, 6.45) is -1.69. The third kappa shape index (κ3) is 6.71. The van der Waals surface area contributed by atoms with Gasteiger partial charge in [-0.3, -0.25) is 14.9 Å². The molecule has 0 aliphatic carbocycles. The van der Waals surface area contributed by atoms with Gasteiger partial charge in [0.15, 0.2) is 15.9 Å². The third-order valence-electron chi connectivity index (χ3n) is 3.00. The van der Waals surface area contributed by atoms with Gasteiger partial charge >= 0.3 is 12.0 Å². The molecule has 0 saturated heterocycles. The summed E-state index contributed by atoms with van der Waals surface area (Å²) in [6, 6.07) is 5.16. The maximum Gasteiger partial charge on any atom is 0.321 e. The van der Waals surface area contributed by atoms with E-state index in [1.807, 2.05) is 5.32 Å². The maximum atomic E-state index is 12.2. The quantitative estimate of drug-likeness (QED) is 0.677. The van der Waals surface area contributed by atoms with Crippen LogP contribution in [0, 0.1) is 0 Å². The number of esters is 1. The highest BCUT2D eigenvalue weighted by Gasteiger charge is 2.23. The zero-order chi connectivity index (χ0) is 19.0. The smallest absolute Gasteiger partial charge is 0.321 e. The summed E-state index contributed by atoms with van der Waals surface area (Å²) in [5, 5.41) is 4.40. The van der Waals surface area contributed by atoms with E-state index in [2.05, 4.69) is 5.32 Å². The van der Waals surface area contributed by atoms with Crippen molar-refractivity contribution in [3.63, 3.8) is 0 Å². The minimum atomic E-state index is -3.77. The van der Waals surface area contributed by atoms with Gasteiger partial charge in [-0.25, -0.2) is 13.2 Å². The van der Waals surface area contributed by atoms with Crippen LogP contribution < -0.4 is 10.6 Å². The van der Waals surface area contributed by atoms with Gasteiger partial charge in [-0.05, 0) is 26.0 Å². The van der Waals surface area contributed by atoms with Crippen molar-refractivity contribution in [1.82, 2.24) is 10.6 Å². The number of imide groups is 1. The lowest BCUT2D eigenvalue weighted by molar-refractivity contribution is -0.154. The summed E-state index contributed by atoms with van der Waals surface area (Å²) in [4.78, 5) is 34.5. The molecule has 3 amide bonds. The second kappa shape index (κ2) is 9.38. The summed E-state index contributed by atoms with van der Waals surface area (Å²) in [5.74, 6) is -2.21. The molecule has 0 aromatic heterocycles. The van der Waals surface area contributed by atoms with Crippen LogP contribution in [0.4, 0.5) is 4.79 Å². The number of rotatable bonds is 7. The van der Waals surface area contributed by atoms with Gasteiger partial charge in [0.25, 0.3) is 5.91 Å². The maximum absolute atomic E-state index is 12.2. The Morgan fingerprint density at radius 3 is 2.48 bits per heavy atom. The highest BCUT2D eigenvalue weighted by atomic mass is 35.5. The average molecular weight is 391 g/mol. The highest BCUT2D eigenvalue weighted by Crippen LogP contribution is 2.22. The summed E-state index contributed by atoms with van der Waals surface area (Å²) >= 11 is 5.84. The number of benzene rings is 1. The molecule has 2 N–H and O–H groups in total. The van der Waals surface area contributed by atoms with E-state index >= 15 is 0 Å². The average Bonchev–Trinajstić information content (AvgIpc) is 2.53. The van der Waals surface area contributed by atoms with Crippen molar-refractivity contribution in [2.45, 2.75) is 31.3 Å². The number of urea groups is 1. The van der Waals surface area contributed by atoms with Crippen molar-refractivity contribution in [2.24, 2.45) is 0 Å². The number of hydrogen-bond acceptors (Lipinski definition) is 6. The number of amides is 3. The van der Waals surface area contributed by atoms with Crippen LogP contribution >= 0.6 is 11.6 Å². The van der Waals surface area contributed by atoms with Crippen molar-refractivity contribution in [1.29, 1.82) is 0 Å². The molecule has 8 nitrogen and oxygen atoms in total. The topological polar surface area (TPSA) is 119 Å². The molecule has 0 aliphatic rings. The number of carbonyl (C=O) groups excluding carboxylic acids is 3. The minimum Gasteiger partial charge on any atom is -0.453 e. The van der Waals surface area contributed by atoms with E-state index in [1.165, 1.54) is 25.1 Å². The lowest BCUT2D eigenvalue weighted by Gasteiger charge is -2.13. The van der Waals surface area contributed by atoms with E-state index in [9.17, 15) is 22.8 Å². The Morgan fingerprint density at radius 2 is 1.88 bits per heavy atom. The van der Waals surface area contributed by atoms with Gasteiger partial charge in [0.05, 0.1) is 22.1 Å². The van der Waals surface area contributed by atoms with Gasteiger partial charge in [0.2, 0.25) is 0 Å². The normalized spacial score (nSPS) is 12.1. The Bertz CT molecular complexity index is 750. The molecule has 1 aromatic carbocycles. The first kappa shape index (κ1) is 20.9. The molecule has 0 radical (unpaired) electrons. The van der Waals surface area contributed by atoms with Gasteiger partial charge in [0, 0.05) is 6.54 Å². The van der Waals surface area contributed by atoms with Gasteiger partial charge < -0.3 is 10.1 Å². The lowest BCUT2D eigenvalue weighted by Crippen LogP contribution is -2.44. The van der Waals surface area contributed by atoms with Gasteiger partial charge in [-0.2, -0.15) is 0 Å². The predicted molar refractivity (Wildman–Crippen MR) is 90.9 cm³/mol. The molecule has 1 aromatic rings. The minimum absolute atomic E-state index is 0.0607. The molecular weight excluding hydrogens is 372 g/mol. The van der Waals surface area contributed by atoms with Crippen LogP contribution in [0.5, 0.6) is 0 Å². The Hall–Kier alpha value is -2.13. The van der Waals surface area contributed by atoms with Crippen molar-refractivity contribution in [3.8, 4) is 0 Å². The second-order valence-electron chi connectivity index (χ2n) is 4.98. The standard InChI is InChI=1S/C15H19ClN2O6S/c1-3-17-15(21)18-14(20)10(2)24-13(19)8-9-25(22,23)12-7-5-4-6-11(12)16/h4-7,10H,3,8-9H2,1-2H3,(H2,17,18,20,21)/t10-/m0/s1. The summed E-state index contributed by atoms with van der Waals surface area (Å²) < 4.78 is 29.2. The molecule has 0 unspecified atom stereocenters. The Kier molecular flexibility index (Phi) is 7.85. The van der Waals surface area contributed by atoms with Crippen LogP contribution in [0.2, 0.25) is 5.02 Å². The van der Waals surface area contributed by atoms with Crippen molar-refractivity contribution < 1.29 is 27.5 Å². The number of carbonyl (C=O) groups is 3. The Balaban J connectivity index is 2.55. The van der Waals surface area contributed by atoms with Crippen LogP contribution in [-0.4, -0.2) is 44.7 Å². The molecule has 0 fully saturated rings. The first-order chi connectivity index (χ1) is 11.7. The molecule has 0 saturated carbocycles. The number of halogens is 1. The van der Waals surface area contributed by atoms with Crippen LogP contribution in [-0.2, 0) is 24.2 Å².